The standard InChI is InChI=1S/C11H24N2/c1-8(2)9(3)11-10(12-4)6-5-7-13-11/h8-13H,5-7H2,1-4H3. The summed E-state index contributed by atoms with van der Waals surface area (Å²) < 4.78 is 0. The van der Waals surface area contributed by atoms with Crippen LogP contribution in [0.5, 0.6) is 0 Å². The molecule has 1 fully saturated rings. The van der Waals surface area contributed by atoms with Gasteiger partial charge in [-0.05, 0) is 38.3 Å². The second-order valence-electron chi connectivity index (χ2n) is 4.62. The van der Waals surface area contributed by atoms with Crippen molar-refractivity contribution < 1.29 is 0 Å². The minimum absolute atomic E-state index is 0.666. The van der Waals surface area contributed by atoms with Gasteiger partial charge in [-0.2, -0.15) is 0 Å². The first-order valence-corrected chi connectivity index (χ1v) is 5.57. The van der Waals surface area contributed by atoms with Crippen molar-refractivity contribution in [2.24, 2.45) is 11.8 Å². The zero-order valence-corrected chi connectivity index (χ0v) is 9.43. The molecule has 78 valence electrons. The van der Waals surface area contributed by atoms with Crippen LogP contribution in [0, 0.1) is 11.8 Å². The quantitative estimate of drug-likeness (QED) is 0.696. The summed E-state index contributed by atoms with van der Waals surface area (Å²) in [6.45, 7) is 8.18. The van der Waals surface area contributed by atoms with Gasteiger partial charge in [-0.1, -0.05) is 20.8 Å². The maximum atomic E-state index is 3.64. The highest BCUT2D eigenvalue weighted by molar-refractivity contribution is 4.89. The van der Waals surface area contributed by atoms with E-state index in [1.807, 2.05) is 0 Å². The minimum atomic E-state index is 0.666. The largest absolute Gasteiger partial charge is 0.315 e. The van der Waals surface area contributed by atoms with Gasteiger partial charge in [0.05, 0.1) is 0 Å². The summed E-state index contributed by atoms with van der Waals surface area (Å²) in [5.41, 5.74) is 0. The van der Waals surface area contributed by atoms with Crippen LogP contribution in [0.15, 0.2) is 0 Å². The molecular formula is C11H24N2. The van der Waals surface area contributed by atoms with Crippen LogP contribution in [0.25, 0.3) is 0 Å². The van der Waals surface area contributed by atoms with Gasteiger partial charge >= 0.3 is 0 Å². The molecule has 0 aromatic carbocycles. The van der Waals surface area contributed by atoms with Crippen LogP contribution >= 0.6 is 0 Å². The van der Waals surface area contributed by atoms with Crippen LogP contribution in [0.1, 0.15) is 33.6 Å². The lowest BCUT2D eigenvalue weighted by Crippen LogP contribution is -2.54. The lowest BCUT2D eigenvalue weighted by atomic mass is 9.82. The molecule has 0 amide bonds. The summed E-state index contributed by atoms with van der Waals surface area (Å²) in [4.78, 5) is 0. The highest BCUT2D eigenvalue weighted by Crippen LogP contribution is 2.21. The fourth-order valence-electron chi connectivity index (χ4n) is 2.20. The van der Waals surface area contributed by atoms with Gasteiger partial charge in [0, 0.05) is 12.1 Å². The summed E-state index contributed by atoms with van der Waals surface area (Å²) >= 11 is 0. The first-order valence-electron chi connectivity index (χ1n) is 5.57. The monoisotopic (exact) mass is 184 g/mol. The van der Waals surface area contributed by atoms with Crippen LogP contribution in [0.2, 0.25) is 0 Å². The average Bonchev–Trinajstić information content (AvgIpc) is 2.16. The molecule has 3 unspecified atom stereocenters. The van der Waals surface area contributed by atoms with Crippen molar-refractivity contribution in [2.75, 3.05) is 13.6 Å². The molecule has 2 N–H and O–H groups in total. The van der Waals surface area contributed by atoms with E-state index in [-0.39, 0.29) is 0 Å². The zero-order valence-electron chi connectivity index (χ0n) is 9.43. The summed E-state index contributed by atoms with van der Waals surface area (Å²) in [5.74, 6) is 1.53. The van der Waals surface area contributed by atoms with Gasteiger partial charge in [-0.15, -0.1) is 0 Å². The Balaban J connectivity index is 2.53. The fourth-order valence-corrected chi connectivity index (χ4v) is 2.20. The normalized spacial score (nSPS) is 32.1. The molecule has 1 rings (SSSR count). The van der Waals surface area contributed by atoms with Crippen molar-refractivity contribution in [3.63, 3.8) is 0 Å². The van der Waals surface area contributed by atoms with Crippen molar-refractivity contribution in [3.8, 4) is 0 Å². The number of hydrogen-bond donors (Lipinski definition) is 2. The number of piperidine rings is 1. The number of hydrogen-bond acceptors (Lipinski definition) is 2. The maximum Gasteiger partial charge on any atom is 0.0249 e. The molecule has 0 radical (unpaired) electrons. The number of nitrogens with one attached hydrogen (secondary N) is 2. The summed E-state index contributed by atoms with van der Waals surface area (Å²) in [6.07, 6.45) is 2.64. The van der Waals surface area contributed by atoms with Gasteiger partial charge in [0.25, 0.3) is 0 Å². The van der Waals surface area contributed by atoms with E-state index in [0.717, 1.165) is 11.8 Å². The molecule has 0 aliphatic carbocycles. The molecule has 0 aromatic heterocycles. The van der Waals surface area contributed by atoms with Crippen LogP contribution in [-0.4, -0.2) is 25.7 Å². The molecule has 0 bridgehead atoms. The molecule has 2 heteroatoms. The van der Waals surface area contributed by atoms with Gasteiger partial charge in [0.15, 0.2) is 0 Å². The van der Waals surface area contributed by atoms with Crippen molar-refractivity contribution in [3.05, 3.63) is 0 Å². The van der Waals surface area contributed by atoms with E-state index < -0.39 is 0 Å². The van der Waals surface area contributed by atoms with E-state index >= 15 is 0 Å². The molecule has 3 atom stereocenters. The topological polar surface area (TPSA) is 24.1 Å². The molecule has 1 saturated heterocycles. The second-order valence-corrected chi connectivity index (χ2v) is 4.62. The Morgan fingerprint density at radius 1 is 1.31 bits per heavy atom. The Bertz CT molecular complexity index is 143. The number of rotatable bonds is 3. The Morgan fingerprint density at radius 2 is 2.00 bits per heavy atom. The van der Waals surface area contributed by atoms with Crippen LogP contribution in [0.3, 0.4) is 0 Å². The molecule has 0 aromatic rings. The van der Waals surface area contributed by atoms with Crippen molar-refractivity contribution in [1.82, 2.24) is 10.6 Å². The summed E-state index contributed by atoms with van der Waals surface area (Å²) in [5, 5.41) is 7.07. The second kappa shape index (κ2) is 4.97. The lowest BCUT2D eigenvalue weighted by molar-refractivity contribution is 0.210. The van der Waals surface area contributed by atoms with Crippen molar-refractivity contribution in [1.29, 1.82) is 0 Å². The van der Waals surface area contributed by atoms with Gasteiger partial charge < -0.3 is 10.6 Å². The highest BCUT2D eigenvalue weighted by atomic mass is 15.0. The Hall–Kier alpha value is -0.0800. The van der Waals surface area contributed by atoms with E-state index in [1.165, 1.54) is 19.4 Å². The zero-order chi connectivity index (χ0) is 9.84. The predicted molar refractivity (Wildman–Crippen MR) is 57.9 cm³/mol. The number of likely N-dealkylation sites (N-methyl/N-ethyl adjacent to an activating group) is 1. The lowest BCUT2D eigenvalue weighted by Gasteiger charge is -2.38. The van der Waals surface area contributed by atoms with E-state index in [2.05, 4.69) is 38.5 Å². The first-order chi connectivity index (χ1) is 6.16. The molecule has 2 nitrogen and oxygen atoms in total. The maximum absolute atomic E-state index is 3.64. The molecule has 13 heavy (non-hydrogen) atoms. The Morgan fingerprint density at radius 3 is 2.54 bits per heavy atom. The third kappa shape index (κ3) is 2.68. The van der Waals surface area contributed by atoms with E-state index in [9.17, 15) is 0 Å². The fraction of sp³-hybridized carbons (Fsp3) is 1.00. The Kier molecular flexibility index (Phi) is 4.20. The summed E-state index contributed by atoms with van der Waals surface area (Å²) in [7, 11) is 2.08. The van der Waals surface area contributed by atoms with Gasteiger partial charge in [-0.3, -0.25) is 0 Å². The van der Waals surface area contributed by atoms with Gasteiger partial charge in [0.1, 0.15) is 0 Å². The first kappa shape index (κ1) is 11.0. The van der Waals surface area contributed by atoms with Crippen molar-refractivity contribution in [2.45, 2.75) is 45.7 Å². The Labute approximate surface area is 82.5 Å². The predicted octanol–water partition coefficient (Wildman–Crippen LogP) is 1.62. The summed E-state index contributed by atoms with van der Waals surface area (Å²) in [6, 6.07) is 1.34. The average molecular weight is 184 g/mol. The van der Waals surface area contributed by atoms with Gasteiger partial charge in [-0.25, -0.2) is 0 Å². The SMILES string of the molecule is CNC1CCCNC1C(C)C(C)C. The smallest absolute Gasteiger partial charge is 0.0249 e. The van der Waals surface area contributed by atoms with E-state index in [0.29, 0.717) is 12.1 Å². The van der Waals surface area contributed by atoms with Gasteiger partial charge in [0.2, 0.25) is 0 Å². The van der Waals surface area contributed by atoms with Crippen LogP contribution in [-0.2, 0) is 0 Å². The third-order valence-electron chi connectivity index (χ3n) is 3.49. The van der Waals surface area contributed by atoms with Crippen LogP contribution < -0.4 is 10.6 Å². The molecule has 0 spiro atoms. The van der Waals surface area contributed by atoms with Crippen LogP contribution in [0.4, 0.5) is 0 Å². The molecule has 0 saturated carbocycles. The molecular weight excluding hydrogens is 160 g/mol. The molecule has 1 aliphatic rings. The molecule has 1 heterocycles. The van der Waals surface area contributed by atoms with E-state index in [4.69, 9.17) is 0 Å². The van der Waals surface area contributed by atoms with Crippen molar-refractivity contribution >= 4 is 0 Å². The minimum Gasteiger partial charge on any atom is -0.315 e. The highest BCUT2D eigenvalue weighted by Gasteiger charge is 2.29. The third-order valence-corrected chi connectivity index (χ3v) is 3.49. The van der Waals surface area contributed by atoms with E-state index in [1.54, 1.807) is 0 Å². The molecule has 1 aliphatic heterocycles.